The predicted octanol–water partition coefficient (Wildman–Crippen LogP) is 8.79. The van der Waals surface area contributed by atoms with Gasteiger partial charge in [0, 0.05) is 5.41 Å². The molecule has 5 aromatic carbocycles. The highest BCUT2D eigenvalue weighted by Crippen LogP contribution is 2.49. The molecule has 0 nitrogen and oxygen atoms in total. The standard InChI is InChI=1S/C32H26/c1-21-8-16-28-29-17-15-27(20-31(29)32(2,3)30(28)18-21)24-11-9-23(10-12-24)26-14-13-22-6-4-5-7-25(22)19-26/h4-20H,1-3H3. The van der Waals surface area contributed by atoms with E-state index in [1.165, 1.54) is 60.8 Å². The van der Waals surface area contributed by atoms with Crippen LogP contribution in [0.5, 0.6) is 0 Å². The molecule has 0 amide bonds. The summed E-state index contributed by atoms with van der Waals surface area (Å²) in [5.41, 5.74) is 12.0. The van der Waals surface area contributed by atoms with Crippen molar-refractivity contribution in [2.75, 3.05) is 0 Å². The number of rotatable bonds is 2. The first kappa shape index (κ1) is 19.1. The lowest BCUT2D eigenvalue weighted by molar-refractivity contribution is 0.660. The molecule has 0 radical (unpaired) electrons. The van der Waals surface area contributed by atoms with Gasteiger partial charge in [-0.1, -0.05) is 110 Å². The summed E-state index contributed by atoms with van der Waals surface area (Å²) in [5.74, 6) is 0. The molecular weight excluding hydrogens is 384 g/mol. The smallest absolute Gasteiger partial charge is 0.0159 e. The van der Waals surface area contributed by atoms with Crippen molar-refractivity contribution in [3.05, 3.63) is 120 Å². The van der Waals surface area contributed by atoms with Crippen molar-refractivity contribution in [3.8, 4) is 33.4 Å². The van der Waals surface area contributed by atoms with Gasteiger partial charge in [-0.3, -0.25) is 0 Å². The van der Waals surface area contributed by atoms with E-state index in [0.29, 0.717) is 0 Å². The second-order valence-electron chi connectivity index (χ2n) is 9.57. The molecule has 1 aliphatic carbocycles. The Hall–Kier alpha value is -3.64. The summed E-state index contributed by atoms with van der Waals surface area (Å²) in [6.07, 6.45) is 0. The van der Waals surface area contributed by atoms with Crippen LogP contribution >= 0.6 is 0 Å². The van der Waals surface area contributed by atoms with Gasteiger partial charge in [0.1, 0.15) is 0 Å². The van der Waals surface area contributed by atoms with Crippen LogP contribution in [0.25, 0.3) is 44.2 Å². The molecule has 154 valence electrons. The van der Waals surface area contributed by atoms with Crippen LogP contribution in [0, 0.1) is 6.92 Å². The molecule has 0 heteroatoms. The van der Waals surface area contributed by atoms with Gasteiger partial charge in [-0.05, 0) is 74.3 Å². The number of fused-ring (bicyclic) bond motifs is 4. The molecule has 0 heterocycles. The summed E-state index contributed by atoms with van der Waals surface area (Å²) in [4.78, 5) is 0. The average molecular weight is 411 g/mol. The van der Waals surface area contributed by atoms with E-state index in [1.807, 2.05) is 0 Å². The fraction of sp³-hybridized carbons (Fsp3) is 0.125. The molecule has 0 N–H and O–H groups in total. The zero-order valence-electron chi connectivity index (χ0n) is 18.8. The lowest BCUT2D eigenvalue weighted by Gasteiger charge is -2.22. The quantitative estimate of drug-likeness (QED) is 0.273. The number of aryl methyl sites for hydroxylation is 1. The first-order chi connectivity index (χ1) is 15.5. The lowest BCUT2D eigenvalue weighted by Crippen LogP contribution is -2.15. The molecule has 0 spiro atoms. The summed E-state index contributed by atoms with van der Waals surface area (Å²) in [5, 5.41) is 2.56. The van der Waals surface area contributed by atoms with Crippen molar-refractivity contribution in [2.45, 2.75) is 26.2 Å². The van der Waals surface area contributed by atoms with Crippen LogP contribution in [-0.2, 0) is 5.41 Å². The monoisotopic (exact) mass is 410 g/mol. The Balaban J connectivity index is 1.37. The van der Waals surface area contributed by atoms with Crippen LogP contribution in [-0.4, -0.2) is 0 Å². The SMILES string of the molecule is Cc1ccc2c(c1)C(C)(C)c1cc(-c3ccc(-c4ccc5ccccc5c4)cc3)ccc1-2. The zero-order valence-corrected chi connectivity index (χ0v) is 18.8. The molecule has 0 saturated carbocycles. The van der Waals surface area contributed by atoms with Gasteiger partial charge in [0.2, 0.25) is 0 Å². The summed E-state index contributed by atoms with van der Waals surface area (Å²) < 4.78 is 0. The fourth-order valence-electron chi connectivity index (χ4n) is 5.25. The maximum absolute atomic E-state index is 2.40. The van der Waals surface area contributed by atoms with Crippen LogP contribution in [0.2, 0.25) is 0 Å². The molecule has 0 saturated heterocycles. The Morgan fingerprint density at radius 2 is 1.00 bits per heavy atom. The van der Waals surface area contributed by atoms with Crippen molar-refractivity contribution < 1.29 is 0 Å². The van der Waals surface area contributed by atoms with Gasteiger partial charge >= 0.3 is 0 Å². The molecule has 0 aliphatic heterocycles. The van der Waals surface area contributed by atoms with E-state index >= 15 is 0 Å². The third-order valence-corrected chi connectivity index (χ3v) is 7.13. The molecule has 5 aromatic rings. The topological polar surface area (TPSA) is 0 Å². The Kier molecular flexibility index (Phi) is 4.13. The number of hydrogen-bond acceptors (Lipinski definition) is 0. The molecule has 6 rings (SSSR count). The third-order valence-electron chi connectivity index (χ3n) is 7.13. The van der Waals surface area contributed by atoms with E-state index in [9.17, 15) is 0 Å². The van der Waals surface area contributed by atoms with Crippen molar-refractivity contribution in [3.63, 3.8) is 0 Å². The van der Waals surface area contributed by atoms with Crippen molar-refractivity contribution >= 4 is 10.8 Å². The molecule has 0 fully saturated rings. The van der Waals surface area contributed by atoms with Gasteiger partial charge in [-0.15, -0.1) is 0 Å². The van der Waals surface area contributed by atoms with E-state index < -0.39 is 0 Å². The molecule has 0 unspecified atom stereocenters. The molecule has 0 bridgehead atoms. The largest absolute Gasteiger partial charge is 0.0616 e. The Bertz CT molecular complexity index is 1480. The summed E-state index contributed by atoms with van der Waals surface area (Å²) in [6.45, 7) is 6.88. The molecule has 0 atom stereocenters. The first-order valence-corrected chi connectivity index (χ1v) is 11.4. The Morgan fingerprint density at radius 3 is 1.72 bits per heavy atom. The van der Waals surface area contributed by atoms with Gasteiger partial charge in [-0.2, -0.15) is 0 Å². The van der Waals surface area contributed by atoms with Crippen LogP contribution in [0.4, 0.5) is 0 Å². The first-order valence-electron chi connectivity index (χ1n) is 11.4. The van der Waals surface area contributed by atoms with Crippen LogP contribution in [0.15, 0.2) is 103 Å². The third kappa shape index (κ3) is 2.91. The van der Waals surface area contributed by atoms with Gasteiger partial charge in [0.15, 0.2) is 0 Å². The predicted molar refractivity (Wildman–Crippen MR) is 137 cm³/mol. The van der Waals surface area contributed by atoms with Gasteiger partial charge in [0.05, 0.1) is 0 Å². The highest BCUT2D eigenvalue weighted by molar-refractivity contribution is 5.88. The summed E-state index contributed by atoms with van der Waals surface area (Å²) in [6, 6.07) is 38.1. The van der Waals surface area contributed by atoms with Crippen LogP contribution < -0.4 is 0 Å². The van der Waals surface area contributed by atoms with E-state index in [2.05, 4.69) is 124 Å². The van der Waals surface area contributed by atoms with Crippen molar-refractivity contribution in [1.82, 2.24) is 0 Å². The van der Waals surface area contributed by atoms with Crippen LogP contribution in [0.1, 0.15) is 30.5 Å². The summed E-state index contributed by atoms with van der Waals surface area (Å²) in [7, 11) is 0. The second-order valence-corrected chi connectivity index (χ2v) is 9.57. The average Bonchev–Trinajstić information content (AvgIpc) is 3.05. The van der Waals surface area contributed by atoms with E-state index in [1.54, 1.807) is 0 Å². The highest BCUT2D eigenvalue weighted by atomic mass is 14.4. The molecule has 1 aliphatic rings. The maximum atomic E-state index is 2.40. The number of hydrogen-bond donors (Lipinski definition) is 0. The van der Waals surface area contributed by atoms with Gasteiger partial charge in [0.25, 0.3) is 0 Å². The van der Waals surface area contributed by atoms with Gasteiger partial charge < -0.3 is 0 Å². The van der Waals surface area contributed by atoms with Crippen molar-refractivity contribution in [1.29, 1.82) is 0 Å². The Labute approximate surface area is 190 Å². The minimum atomic E-state index is 0.0255. The van der Waals surface area contributed by atoms with E-state index in [4.69, 9.17) is 0 Å². The molecule has 0 aromatic heterocycles. The molecule has 32 heavy (non-hydrogen) atoms. The minimum absolute atomic E-state index is 0.0255. The summed E-state index contributed by atoms with van der Waals surface area (Å²) >= 11 is 0. The normalized spacial score (nSPS) is 13.7. The van der Waals surface area contributed by atoms with E-state index in [0.717, 1.165) is 0 Å². The highest BCUT2D eigenvalue weighted by Gasteiger charge is 2.35. The second kappa shape index (κ2) is 6.93. The minimum Gasteiger partial charge on any atom is -0.0616 e. The maximum Gasteiger partial charge on any atom is 0.0159 e. The van der Waals surface area contributed by atoms with Gasteiger partial charge in [-0.25, -0.2) is 0 Å². The van der Waals surface area contributed by atoms with Crippen molar-refractivity contribution in [2.24, 2.45) is 0 Å². The fourth-order valence-corrected chi connectivity index (χ4v) is 5.25. The number of benzene rings is 5. The van der Waals surface area contributed by atoms with E-state index in [-0.39, 0.29) is 5.41 Å². The Morgan fingerprint density at radius 1 is 0.469 bits per heavy atom. The van der Waals surface area contributed by atoms with Crippen LogP contribution in [0.3, 0.4) is 0 Å². The lowest BCUT2D eigenvalue weighted by atomic mass is 9.81. The zero-order chi connectivity index (χ0) is 21.9. The molecular formula is C32H26.